The molecule has 5 heavy (non-hydrogen) atoms. The molecule has 0 aromatic carbocycles. The molecule has 1 nitrogen and oxygen atoms in total. The Kier molecular flexibility index (Phi) is 3.93. The van der Waals surface area contributed by atoms with Crippen molar-refractivity contribution in [1.29, 1.82) is 0 Å². The maximum Gasteiger partial charge on any atom is 0.0870 e. The minimum atomic E-state index is 0.781. The first-order chi connectivity index (χ1) is 2.41. The summed E-state index contributed by atoms with van der Waals surface area (Å²) < 4.78 is 0. The number of hydrogen-bond donors (Lipinski definition) is 0. The molecule has 0 spiro atoms. The van der Waals surface area contributed by atoms with E-state index >= 15 is 0 Å². The lowest BCUT2D eigenvalue weighted by Crippen LogP contribution is -1.60. The largest absolute Gasteiger partial charge is 0.281 e. The van der Waals surface area contributed by atoms with Crippen molar-refractivity contribution < 1.29 is 0 Å². The molecule has 0 N–H and O–H groups in total. The van der Waals surface area contributed by atoms with E-state index in [1.807, 2.05) is 6.92 Å². The van der Waals surface area contributed by atoms with Crippen molar-refractivity contribution in [2.75, 3.05) is 6.54 Å². The quantitative estimate of drug-likeness (QED) is 0.431. The summed E-state index contributed by atoms with van der Waals surface area (Å²) in [5.41, 5.74) is 1.28. The van der Waals surface area contributed by atoms with E-state index < -0.39 is 0 Å². The van der Waals surface area contributed by atoms with Crippen LogP contribution < -0.4 is 0 Å². The zero-order valence-electron chi connectivity index (χ0n) is 3.11. The molecule has 30 valence electrons. The van der Waals surface area contributed by atoms with Crippen molar-refractivity contribution in [1.82, 2.24) is 0 Å². The number of rotatable bonds is 1. The van der Waals surface area contributed by atoms with Gasteiger partial charge in [-0.2, -0.15) is 0 Å². The highest BCUT2D eigenvalue weighted by Gasteiger charge is 1.52. The summed E-state index contributed by atoms with van der Waals surface area (Å²) in [5.74, 6) is 0. The van der Waals surface area contributed by atoms with Gasteiger partial charge < -0.3 is 0 Å². The molecule has 0 aliphatic rings. The van der Waals surface area contributed by atoms with Crippen LogP contribution in [0.1, 0.15) is 6.92 Å². The molecule has 0 amide bonds. The van der Waals surface area contributed by atoms with Crippen molar-refractivity contribution in [3.8, 4) is 0 Å². The smallest absolute Gasteiger partial charge is 0.0870 e. The maximum atomic E-state index is 5.01. The average Bonchev–Trinajstić information content (AvgIpc) is 1.41. The second-order valence-electron chi connectivity index (χ2n) is 0.596. The Morgan fingerprint density at radius 3 is 2.60 bits per heavy atom. The second kappa shape index (κ2) is 3.96. The van der Waals surface area contributed by atoms with Gasteiger partial charge in [-0.05, 0) is 6.92 Å². The van der Waals surface area contributed by atoms with Gasteiger partial charge in [-0.25, -0.2) is 0 Å². The predicted molar refractivity (Wildman–Crippen MR) is 24.9 cm³/mol. The number of halogens is 1. The molecule has 0 atom stereocenters. The summed E-state index contributed by atoms with van der Waals surface area (Å²) in [6.45, 7) is 2.71. The Labute approximate surface area is 36.7 Å². The zero-order chi connectivity index (χ0) is 4.12. The average molecular weight is 91.5 g/mol. The van der Waals surface area contributed by atoms with Gasteiger partial charge in [-0.3, -0.25) is 4.99 Å². The molecule has 0 aromatic heterocycles. The van der Waals surface area contributed by atoms with Crippen LogP contribution in [0.3, 0.4) is 0 Å². The fourth-order valence-corrected chi connectivity index (χ4v) is 0.207. The van der Waals surface area contributed by atoms with Crippen molar-refractivity contribution in [2.24, 2.45) is 4.99 Å². The maximum absolute atomic E-state index is 5.01. The molecular weight excluding hydrogens is 85.5 g/mol. The van der Waals surface area contributed by atoms with Gasteiger partial charge >= 0.3 is 0 Å². The van der Waals surface area contributed by atoms with Crippen molar-refractivity contribution >= 4 is 17.3 Å². The lowest BCUT2D eigenvalue weighted by atomic mass is 10.8. The van der Waals surface area contributed by atoms with E-state index in [-0.39, 0.29) is 0 Å². The van der Waals surface area contributed by atoms with Gasteiger partial charge in [0.2, 0.25) is 0 Å². The fourth-order valence-electron chi connectivity index (χ4n) is 0.0690. The summed E-state index contributed by atoms with van der Waals surface area (Å²) in [7, 11) is 0. The fraction of sp³-hybridized carbons (Fsp3) is 0.667. The Morgan fingerprint density at radius 1 is 2.00 bits per heavy atom. The van der Waals surface area contributed by atoms with E-state index in [0.29, 0.717) is 0 Å². The normalized spacial score (nSPS) is 10.0. The monoisotopic (exact) mass is 91.0 g/mol. The first-order valence-corrected chi connectivity index (χ1v) is 1.94. The Balaban J connectivity index is 2.62. The van der Waals surface area contributed by atoms with E-state index in [0.717, 1.165) is 6.54 Å². The molecule has 0 rings (SSSR count). The molecule has 0 aliphatic heterocycles. The van der Waals surface area contributed by atoms with Crippen molar-refractivity contribution in [2.45, 2.75) is 6.92 Å². The lowest BCUT2D eigenvalue weighted by molar-refractivity contribution is 1.15. The van der Waals surface area contributed by atoms with Crippen LogP contribution in [0, 0.1) is 0 Å². The third-order valence-electron chi connectivity index (χ3n) is 0.252. The van der Waals surface area contributed by atoms with E-state index in [1.165, 1.54) is 5.67 Å². The SMILES string of the molecule is CCN=CCl. The van der Waals surface area contributed by atoms with Gasteiger partial charge in [0.25, 0.3) is 0 Å². The number of hydrogen-bond acceptors (Lipinski definition) is 1. The molecule has 0 bridgehead atoms. The van der Waals surface area contributed by atoms with E-state index in [2.05, 4.69) is 4.99 Å². The van der Waals surface area contributed by atoms with Crippen LogP contribution in [0.2, 0.25) is 0 Å². The zero-order valence-corrected chi connectivity index (χ0v) is 3.87. The standard InChI is InChI=1S/C3H6ClN/c1-2-5-3-4/h3H,2H2,1H3. The molecule has 0 aliphatic carbocycles. The highest BCUT2D eigenvalue weighted by molar-refractivity contribution is 6.56. The summed E-state index contributed by atoms with van der Waals surface area (Å²) in [6, 6.07) is 0. The molecule has 0 unspecified atom stereocenters. The number of aliphatic imine (C=N–C) groups is 1. The van der Waals surface area contributed by atoms with Crippen LogP contribution in [0.4, 0.5) is 0 Å². The summed E-state index contributed by atoms with van der Waals surface area (Å²) in [5, 5.41) is 0. The Morgan fingerprint density at radius 2 is 2.60 bits per heavy atom. The van der Waals surface area contributed by atoms with Crippen molar-refractivity contribution in [3.05, 3.63) is 0 Å². The van der Waals surface area contributed by atoms with Gasteiger partial charge in [-0.1, -0.05) is 11.6 Å². The first-order valence-electron chi connectivity index (χ1n) is 1.50. The van der Waals surface area contributed by atoms with Gasteiger partial charge in [0.05, 0.1) is 5.67 Å². The van der Waals surface area contributed by atoms with Crippen LogP contribution in [-0.2, 0) is 0 Å². The lowest BCUT2D eigenvalue weighted by Gasteiger charge is -1.66. The van der Waals surface area contributed by atoms with Gasteiger partial charge in [0, 0.05) is 6.54 Å². The van der Waals surface area contributed by atoms with Crippen LogP contribution in [0.5, 0.6) is 0 Å². The highest BCUT2D eigenvalue weighted by atomic mass is 35.5. The Bertz CT molecular complexity index is 33.9. The van der Waals surface area contributed by atoms with Crippen molar-refractivity contribution in [3.63, 3.8) is 0 Å². The molecule has 0 radical (unpaired) electrons. The first kappa shape index (κ1) is 4.96. The Hall–Kier alpha value is -0.0400. The highest BCUT2D eigenvalue weighted by Crippen LogP contribution is 1.63. The molecule has 0 aromatic rings. The van der Waals surface area contributed by atoms with Crippen LogP contribution in [0.15, 0.2) is 4.99 Å². The summed E-state index contributed by atoms with van der Waals surface area (Å²) in [6.07, 6.45) is 0. The molecule has 0 heterocycles. The van der Waals surface area contributed by atoms with E-state index in [4.69, 9.17) is 11.6 Å². The molecule has 2 heteroatoms. The second-order valence-corrected chi connectivity index (χ2v) is 0.792. The molecular formula is C3H6ClN. The van der Waals surface area contributed by atoms with E-state index in [9.17, 15) is 0 Å². The topological polar surface area (TPSA) is 12.4 Å². The van der Waals surface area contributed by atoms with Crippen LogP contribution in [-0.4, -0.2) is 12.2 Å². The summed E-state index contributed by atoms with van der Waals surface area (Å²) in [4.78, 5) is 3.61. The molecule has 0 saturated carbocycles. The molecule has 0 fully saturated rings. The van der Waals surface area contributed by atoms with E-state index in [1.54, 1.807) is 0 Å². The molecule has 0 saturated heterocycles. The third kappa shape index (κ3) is 3.96. The van der Waals surface area contributed by atoms with Gasteiger partial charge in [0.15, 0.2) is 0 Å². The minimum Gasteiger partial charge on any atom is -0.281 e. The predicted octanol–water partition coefficient (Wildman–Crippen LogP) is 1.27. The minimum absolute atomic E-state index is 0.781. The van der Waals surface area contributed by atoms with Gasteiger partial charge in [-0.15, -0.1) is 0 Å². The van der Waals surface area contributed by atoms with Gasteiger partial charge in [0.1, 0.15) is 0 Å². The number of nitrogens with zero attached hydrogens (tertiary/aromatic N) is 1. The summed E-state index contributed by atoms with van der Waals surface area (Å²) >= 11 is 5.01. The van der Waals surface area contributed by atoms with Crippen LogP contribution in [0.25, 0.3) is 0 Å². The van der Waals surface area contributed by atoms with Crippen LogP contribution >= 0.6 is 11.6 Å². The third-order valence-corrected chi connectivity index (χ3v) is 0.390.